The number of anilines is 1. The number of aromatic nitrogens is 1. The molecule has 4 atom stereocenters. The van der Waals surface area contributed by atoms with Gasteiger partial charge >= 0.3 is 0 Å². The lowest BCUT2D eigenvalue weighted by Crippen LogP contribution is -2.39. The summed E-state index contributed by atoms with van der Waals surface area (Å²) in [5.74, 6) is -3.55. The average Bonchev–Trinajstić information content (AvgIpc) is 3.61. The quantitative estimate of drug-likeness (QED) is 0.154. The summed E-state index contributed by atoms with van der Waals surface area (Å²) < 4.78 is 11.4. The molecular formula is C36H25BrN2O7. The van der Waals surface area contributed by atoms with E-state index in [0.29, 0.717) is 28.3 Å². The second kappa shape index (κ2) is 10.5. The van der Waals surface area contributed by atoms with Crippen LogP contribution in [-0.2, 0) is 19.2 Å². The third-order valence-corrected chi connectivity index (χ3v) is 10.1. The normalized spacial score (nSPS) is 24.1. The van der Waals surface area contributed by atoms with Crippen LogP contribution in [-0.4, -0.2) is 40.6 Å². The maximum atomic E-state index is 14.2. The molecule has 0 bridgehead atoms. The predicted octanol–water partition coefficient (Wildman–Crippen LogP) is 6.18. The lowest BCUT2D eigenvalue weighted by molar-refractivity contribution is -0.123. The Labute approximate surface area is 271 Å². The Morgan fingerprint density at radius 1 is 0.957 bits per heavy atom. The Morgan fingerprint density at radius 3 is 2.50 bits per heavy atom. The van der Waals surface area contributed by atoms with Crippen molar-refractivity contribution in [3.63, 3.8) is 0 Å². The van der Waals surface area contributed by atoms with Gasteiger partial charge in [-0.25, -0.2) is 4.98 Å². The van der Waals surface area contributed by atoms with Gasteiger partial charge in [0.15, 0.2) is 28.6 Å². The molecule has 4 aliphatic rings. The smallest absolute Gasteiger partial charge is 0.238 e. The molecule has 2 heterocycles. The van der Waals surface area contributed by atoms with Crippen molar-refractivity contribution < 1.29 is 33.4 Å². The van der Waals surface area contributed by atoms with Crippen LogP contribution >= 0.6 is 15.9 Å². The number of phenolic OH excluding ortho intramolecular Hbond substituents is 1. The number of allylic oxidation sites excluding steroid dienone is 6. The first kappa shape index (κ1) is 28.4. The summed E-state index contributed by atoms with van der Waals surface area (Å²) in [7, 11) is 1.43. The van der Waals surface area contributed by atoms with Crippen LogP contribution < -0.4 is 9.64 Å². The highest BCUT2D eigenvalue weighted by Crippen LogP contribution is 2.57. The Morgan fingerprint density at radius 2 is 1.74 bits per heavy atom. The third-order valence-electron chi connectivity index (χ3n) is 9.56. The molecular weight excluding hydrogens is 652 g/mol. The second-order valence-corrected chi connectivity index (χ2v) is 12.7. The Balaban J connectivity index is 1.18. The minimum atomic E-state index is -0.786. The molecule has 9 nitrogen and oxygen atoms in total. The van der Waals surface area contributed by atoms with Crippen LogP contribution in [0.15, 0.2) is 105 Å². The van der Waals surface area contributed by atoms with E-state index >= 15 is 0 Å². The fourth-order valence-corrected chi connectivity index (χ4v) is 7.95. The highest BCUT2D eigenvalue weighted by atomic mass is 79.9. The largest absolute Gasteiger partial charge is 0.504 e. The number of phenols is 1. The van der Waals surface area contributed by atoms with Crippen LogP contribution in [0, 0.1) is 17.8 Å². The number of hydrogen-bond donors (Lipinski definition) is 1. The van der Waals surface area contributed by atoms with E-state index in [1.165, 1.54) is 18.1 Å². The molecule has 46 heavy (non-hydrogen) atoms. The highest BCUT2D eigenvalue weighted by molar-refractivity contribution is 9.12. The molecule has 1 fully saturated rings. The lowest BCUT2D eigenvalue weighted by atomic mass is 9.59. The molecule has 10 heteroatoms. The molecule has 4 aromatic rings. The van der Waals surface area contributed by atoms with Crippen LogP contribution in [0.25, 0.3) is 22.6 Å². The van der Waals surface area contributed by atoms with Gasteiger partial charge in [-0.15, -0.1) is 0 Å². The summed E-state index contributed by atoms with van der Waals surface area (Å²) in [5, 5.41) is 11.2. The minimum Gasteiger partial charge on any atom is -0.504 e. The number of Topliss-reactive ketones (excluding diaryl/α,β-unsaturated/α-hetero) is 1. The molecule has 3 aliphatic carbocycles. The first-order chi connectivity index (χ1) is 22.3. The van der Waals surface area contributed by atoms with E-state index in [0.717, 1.165) is 11.1 Å². The zero-order valence-electron chi connectivity index (χ0n) is 24.4. The van der Waals surface area contributed by atoms with Gasteiger partial charge in [-0.2, -0.15) is 0 Å². The summed E-state index contributed by atoms with van der Waals surface area (Å²) in [5.41, 5.74) is 4.22. The summed E-state index contributed by atoms with van der Waals surface area (Å²) >= 11 is 3.24. The van der Waals surface area contributed by atoms with Gasteiger partial charge in [0, 0.05) is 34.3 Å². The molecule has 1 aromatic heterocycles. The standard InChI is InChI=1S/C36H25BrN2O7/c1-45-28-8-4-5-20(33(28)42)29-19-13-14-21-30(22(19)15-23-31(29)26(40)16-24(37)32(23)41)36(44)39(35(21)43)18-11-9-17(10-12-18)34-38-25-6-2-3-7-27(25)46-34/h2-13,16,21-22,29-30,42H,14-15H2,1H3/t21-,22+,29+,30-/m0/s1. The van der Waals surface area contributed by atoms with Crippen molar-refractivity contribution in [2.75, 3.05) is 12.0 Å². The van der Waals surface area contributed by atoms with Crippen LogP contribution in [0.4, 0.5) is 5.69 Å². The monoisotopic (exact) mass is 676 g/mol. The summed E-state index contributed by atoms with van der Waals surface area (Å²) in [4.78, 5) is 60.8. The van der Waals surface area contributed by atoms with Crippen molar-refractivity contribution >= 4 is 56.1 Å². The maximum Gasteiger partial charge on any atom is 0.238 e. The van der Waals surface area contributed by atoms with Crippen LogP contribution in [0.1, 0.15) is 24.3 Å². The van der Waals surface area contributed by atoms with E-state index in [9.17, 15) is 24.3 Å². The van der Waals surface area contributed by atoms with Gasteiger partial charge in [-0.1, -0.05) is 35.9 Å². The summed E-state index contributed by atoms with van der Waals surface area (Å²) in [6.45, 7) is 0. The van der Waals surface area contributed by atoms with Gasteiger partial charge in [0.05, 0.1) is 29.1 Å². The number of fused-ring (bicyclic) bond motifs is 4. The molecule has 0 radical (unpaired) electrons. The fraction of sp³-hybridized carbons (Fsp3) is 0.194. The Hall–Kier alpha value is -5.09. The average molecular weight is 678 g/mol. The minimum absolute atomic E-state index is 0.126. The Kier molecular flexibility index (Phi) is 6.47. The van der Waals surface area contributed by atoms with E-state index in [1.807, 2.05) is 30.3 Å². The molecule has 1 N–H and O–H groups in total. The van der Waals surface area contributed by atoms with Crippen molar-refractivity contribution in [3.8, 4) is 23.0 Å². The van der Waals surface area contributed by atoms with Crippen molar-refractivity contribution in [2.45, 2.75) is 18.8 Å². The number of ether oxygens (including phenoxy) is 1. The van der Waals surface area contributed by atoms with Crippen molar-refractivity contribution in [1.82, 2.24) is 4.98 Å². The van der Waals surface area contributed by atoms with E-state index in [4.69, 9.17) is 9.15 Å². The van der Waals surface area contributed by atoms with E-state index in [1.54, 1.807) is 42.5 Å². The van der Waals surface area contributed by atoms with E-state index in [2.05, 4.69) is 20.9 Å². The molecule has 2 amide bonds. The number of halogens is 1. The number of amides is 2. The van der Waals surface area contributed by atoms with Crippen LogP contribution in [0.5, 0.6) is 11.5 Å². The van der Waals surface area contributed by atoms with E-state index in [-0.39, 0.29) is 63.4 Å². The molecule has 0 spiro atoms. The summed E-state index contributed by atoms with van der Waals surface area (Å²) in [6.07, 6.45) is 3.58. The van der Waals surface area contributed by atoms with Crippen molar-refractivity contribution in [1.29, 1.82) is 0 Å². The highest BCUT2D eigenvalue weighted by Gasteiger charge is 2.57. The predicted molar refractivity (Wildman–Crippen MR) is 171 cm³/mol. The number of methoxy groups -OCH3 is 1. The van der Waals surface area contributed by atoms with Gasteiger partial charge in [0.1, 0.15) is 5.52 Å². The number of rotatable bonds is 4. The van der Waals surface area contributed by atoms with Gasteiger partial charge < -0.3 is 14.3 Å². The number of nitrogens with zero attached hydrogens (tertiary/aromatic N) is 2. The first-order valence-corrected chi connectivity index (χ1v) is 15.6. The van der Waals surface area contributed by atoms with Gasteiger partial charge in [0.2, 0.25) is 17.7 Å². The molecule has 0 unspecified atom stereocenters. The molecule has 1 saturated heterocycles. The van der Waals surface area contributed by atoms with Crippen LogP contribution in [0.3, 0.4) is 0 Å². The number of carbonyl (C=O) groups is 4. The number of carbonyl (C=O) groups excluding carboxylic acids is 4. The fourth-order valence-electron chi connectivity index (χ4n) is 7.50. The van der Waals surface area contributed by atoms with Gasteiger partial charge in [-0.3, -0.25) is 24.1 Å². The number of aromatic hydroxyl groups is 1. The summed E-state index contributed by atoms with van der Waals surface area (Å²) in [6, 6.07) is 19.4. The molecule has 1 aliphatic heterocycles. The molecule has 228 valence electrons. The topological polar surface area (TPSA) is 127 Å². The van der Waals surface area contributed by atoms with Gasteiger partial charge in [-0.05, 0) is 77.2 Å². The van der Waals surface area contributed by atoms with Gasteiger partial charge in [0.25, 0.3) is 0 Å². The first-order valence-electron chi connectivity index (χ1n) is 14.9. The number of oxazole rings is 1. The number of hydrogen-bond acceptors (Lipinski definition) is 8. The van der Waals surface area contributed by atoms with E-state index < -0.39 is 23.7 Å². The van der Waals surface area contributed by atoms with Crippen molar-refractivity contribution in [2.24, 2.45) is 17.8 Å². The molecule has 0 saturated carbocycles. The van der Waals surface area contributed by atoms with Crippen molar-refractivity contribution in [3.05, 3.63) is 106 Å². The number of ketones is 2. The zero-order chi connectivity index (χ0) is 31.9. The molecule has 8 rings (SSSR count). The SMILES string of the molecule is COc1cccc([C@H]2C3=CC[C@@H]4C(=O)N(c5ccc(-c6nc7ccccc7o6)cc5)C(=O)[C@@H]4[C@@H]3CC3=C2C(=O)C=C(Br)C3=O)c1O. The Bertz CT molecular complexity index is 2090. The number of imide groups is 1. The number of benzene rings is 3. The zero-order valence-corrected chi connectivity index (χ0v) is 26.0. The third kappa shape index (κ3) is 4.09. The van der Waals surface area contributed by atoms with Crippen LogP contribution in [0.2, 0.25) is 0 Å². The molecule has 3 aromatic carbocycles. The maximum absolute atomic E-state index is 14.2. The number of para-hydroxylation sites is 3. The second-order valence-electron chi connectivity index (χ2n) is 11.8. The lowest BCUT2D eigenvalue weighted by Gasteiger charge is -2.42.